The highest BCUT2D eigenvalue weighted by atomic mass is 16.5. The molecule has 0 saturated carbocycles. The Hall–Kier alpha value is -3.58. The maximum Gasteiger partial charge on any atom is 0.251 e. The van der Waals surface area contributed by atoms with Gasteiger partial charge >= 0.3 is 0 Å². The Morgan fingerprint density at radius 3 is 2.53 bits per heavy atom. The topological polar surface area (TPSA) is 75.7 Å². The molecule has 3 aromatic rings. The molecule has 32 heavy (non-hydrogen) atoms. The minimum atomic E-state index is -0.119. The van der Waals surface area contributed by atoms with Gasteiger partial charge in [0.05, 0.1) is 20.3 Å². The van der Waals surface area contributed by atoms with Crippen LogP contribution in [0.2, 0.25) is 0 Å². The van der Waals surface area contributed by atoms with Crippen molar-refractivity contribution in [3.05, 3.63) is 78.0 Å². The largest absolute Gasteiger partial charge is 0.497 e. The van der Waals surface area contributed by atoms with E-state index in [0.717, 1.165) is 49.7 Å². The van der Waals surface area contributed by atoms with Gasteiger partial charge in [-0.25, -0.2) is 4.98 Å². The average molecular weight is 433 g/mol. The highest BCUT2D eigenvalue weighted by Crippen LogP contribution is 2.21. The average Bonchev–Trinajstić information content (AvgIpc) is 2.85. The molecule has 1 aliphatic rings. The molecule has 2 heterocycles. The SMILES string of the molecule is COc1ccc(CCNC(=O)c2ccnc(Nc3ccc(N4CCOCC4)cc3)c2)cc1. The summed E-state index contributed by atoms with van der Waals surface area (Å²) in [5.41, 5.74) is 3.81. The van der Waals surface area contributed by atoms with Gasteiger partial charge < -0.3 is 25.0 Å². The third-order valence-corrected chi connectivity index (χ3v) is 5.40. The van der Waals surface area contributed by atoms with E-state index in [1.807, 2.05) is 36.4 Å². The summed E-state index contributed by atoms with van der Waals surface area (Å²) in [6.07, 6.45) is 2.39. The number of anilines is 3. The van der Waals surface area contributed by atoms with E-state index < -0.39 is 0 Å². The second-order valence-electron chi connectivity index (χ2n) is 7.56. The lowest BCUT2D eigenvalue weighted by atomic mass is 10.1. The molecule has 1 amide bonds. The van der Waals surface area contributed by atoms with Gasteiger partial charge in [0.1, 0.15) is 11.6 Å². The zero-order chi connectivity index (χ0) is 22.2. The summed E-state index contributed by atoms with van der Waals surface area (Å²) in [5.74, 6) is 1.34. The maximum absolute atomic E-state index is 12.6. The van der Waals surface area contributed by atoms with Crippen molar-refractivity contribution < 1.29 is 14.3 Å². The molecule has 166 valence electrons. The van der Waals surface area contributed by atoms with Crippen LogP contribution in [0.3, 0.4) is 0 Å². The fourth-order valence-electron chi connectivity index (χ4n) is 3.58. The summed E-state index contributed by atoms with van der Waals surface area (Å²) >= 11 is 0. The minimum Gasteiger partial charge on any atom is -0.497 e. The molecular weight excluding hydrogens is 404 g/mol. The molecule has 1 aliphatic heterocycles. The number of aromatic nitrogens is 1. The number of benzene rings is 2. The van der Waals surface area contributed by atoms with Crippen LogP contribution in [-0.4, -0.2) is 50.8 Å². The van der Waals surface area contributed by atoms with Crippen LogP contribution < -0.4 is 20.3 Å². The Morgan fingerprint density at radius 2 is 1.81 bits per heavy atom. The Labute approximate surface area is 188 Å². The molecule has 1 aromatic heterocycles. The summed E-state index contributed by atoms with van der Waals surface area (Å²) in [6.45, 7) is 3.89. The van der Waals surface area contributed by atoms with Crippen molar-refractivity contribution >= 4 is 23.1 Å². The lowest BCUT2D eigenvalue weighted by Crippen LogP contribution is -2.36. The first-order chi connectivity index (χ1) is 15.7. The molecular formula is C25H28N4O3. The molecule has 7 nitrogen and oxygen atoms in total. The van der Waals surface area contributed by atoms with Gasteiger partial charge in [-0.2, -0.15) is 0 Å². The summed E-state index contributed by atoms with van der Waals surface area (Å²) in [7, 11) is 1.65. The zero-order valence-corrected chi connectivity index (χ0v) is 18.2. The molecule has 0 aliphatic carbocycles. The fourth-order valence-corrected chi connectivity index (χ4v) is 3.58. The summed E-state index contributed by atoms with van der Waals surface area (Å²) in [5, 5.41) is 6.25. The first-order valence-electron chi connectivity index (χ1n) is 10.8. The Bertz CT molecular complexity index is 1020. The van der Waals surface area contributed by atoms with Crippen molar-refractivity contribution in [2.75, 3.05) is 50.2 Å². The van der Waals surface area contributed by atoms with Gasteiger partial charge in [-0.3, -0.25) is 4.79 Å². The van der Waals surface area contributed by atoms with Crippen LogP contribution in [0.5, 0.6) is 5.75 Å². The van der Waals surface area contributed by atoms with Crippen molar-refractivity contribution in [1.29, 1.82) is 0 Å². The van der Waals surface area contributed by atoms with Crippen molar-refractivity contribution in [3.63, 3.8) is 0 Å². The molecule has 1 fully saturated rings. The van der Waals surface area contributed by atoms with Crippen LogP contribution in [-0.2, 0) is 11.2 Å². The summed E-state index contributed by atoms with van der Waals surface area (Å²) in [6, 6.07) is 19.5. The van der Waals surface area contributed by atoms with Crippen molar-refractivity contribution in [1.82, 2.24) is 10.3 Å². The number of morpholine rings is 1. The van der Waals surface area contributed by atoms with E-state index in [2.05, 4.69) is 32.7 Å². The first-order valence-corrected chi connectivity index (χ1v) is 10.8. The van der Waals surface area contributed by atoms with Crippen LogP contribution in [0, 0.1) is 0 Å². The van der Waals surface area contributed by atoms with E-state index in [9.17, 15) is 4.79 Å². The number of carbonyl (C=O) groups excluding carboxylic acids is 1. The van der Waals surface area contributed by atoms with Gasteiger partial charge in [-0.15, -0.1) is 0 Å². The smallest absolute Gasteiger partial charge is 0.251 e. The van der Waals surface area contributed by atoms with Crippen LogP contribution >= 0.6 is 0 Å². The van der Waals surface area contributed by atoms with Gasteiger partial charge in [-0.05, 0) is 60.5 Å². The minimum absolute atomic E-state index is 0.119. The van der Waals surface area contributed by atoms with Crippen LogP contribution in [0.25, 0.3) is 0 Å². The third-order valence-electron chi connectivity index (χ3n) is 5.40. The molecule has 1 saturated heterocycles. The number of hydrogen-bond donors (Lipinski definition) is 2. The van der Waals surface area contributed by atoms with E-state index >= 15 is 0 Å². The molecule has 0 atom stereocenters. The molecule has 0 unspecified atom stereocenters. The van der Waals surface area contributed by atoms with Crippen molar-refractivity contribution in [2.45, 2.75) is 6.42 Å². The lowest BCUT2D eigenvalue weighted by molar-refractivity contribution is 0.0954. The van der Waals surface area contributed by atoms with Gasteiger partial charge in [-0.1, -0.05) is 12.1 Å². The second kappa shape index (κ2) is 10.6. The first kappa shape index (κ1) is 21.6. The number of nitrogens with one attached hydrogen (secondary N) is 2. The van der Waals surface area contributed by atoms with E-state index in [-0.39, 0.29) is 5.91 Å². The molecule has 2 N–H and O–H groups in total. The predicted octanol–water partition coefficient (Wildman–Crippen LogP) is 3.64. The zero-order valence-electron chi connectivity index (χ0n) is 18.2. The monoisotopic (exact) mass is 432 g/mol. The number of hydrogen-bond acceptors (Lipinski definition) is 6. The van der Waals surface area contributed by atoms with Crippen LogP contribution in [0.4, 0.5) is 17.2 Å². The quantitative estimate of drug-likeness (QED) is 0.566. The number of carbonyl (C=O) groups is 1. The highest BCUT2D eigenvalue weighted by molar-refractivity contribution is 5.94. The number of pyridine rings is 1. The van der Waals surface area contributed by atoms with E-state index in [1.165, 1.54) is 5.69 Å². The van der Waals surface area contributed by atoms with Crippen LogP contribution in [0.1, 0.15) is 15.9 Å². The molecule has 4 rings (SSSR count). The number of ether oxygens (including phenoxy) is 2. The van der Waals surface area contributed by atoms with Crippen molar-refractivity contribution in [2.24, 2.45) is 0 Å². The molecule has 0 bridgehead atoms. The molecule has 2 aromatic carbocycles. The Balaban J connectivity index is 1.30. The fraction of sp³-hybridized carbons (Fsp3) is 0.280. The van der Waals surface area contributed by atoms with Gasteiger partial charge in [0, 0.05) is 42.8 Å². The highest BCUT2D eigenvalue weighted by Gasteiger charge is 2.11. The Morgan fingerprint density at radius 1 is 1.06 bits per heavy atom. The van der Waals surface area contributed by atoms with Crippen molar-refractivity contribution in [3.8, 4) is 5.75 Å². The van der Waals surface area contributed by atoms with E-state index in [0.29, 0.717) is 17.9 Å². The van der Waals surface area contributed by atoms with E-state index in [1.54, 1.807) is 25.4 Å². The van der Waals surface area contributed by atoms with Crippen LogP contribution in [0.15, 0.2) is 66.9 Å². The standard InChI is InChI=1S/C25H28N4O3/c1-31-23-8-2-19(3-9-23)10-12-27-25(30)20-11-13-26-24(18-20)28-21-4-6-22(7-5-21)29-14-16-32-17-15-29/h2-9,11,13,18H,10,12,14-17H2,1H3,(H,26,28)(H,27,30). The number of rotatable bonds is 8. The van der Waals surface area contributed by atoms with Gasteiger partial charge in [0.25, 0.3) is 5.91 Å². The predicted molar refractivity (Wildman–Crippen MR) is 126 cm³/mol. The third kappa shape index (κ3) is 5.76. The Kier molecular flexibility index (Phi) is 7.19. The molecule has 0 radical (unpaired) electrons. The number of amides is 1. The number of methoxy groups -OCH3 is 1. The molecule has 7 heteroatoms. The second-order valence-corrected chi connectivity index (χ2v) is 7.56. The number of nitrogens with zero attached hydrogens (tertiary/aromatic N) is 2. The lowest BCUT2D eigenvalue weighted by Gasteiger charge is -2.28. The normalized spacial score (nSPS) is 13.5. The summed E-state index contributed by atoms with van der Waals surface area (Å²) in [4.78, 5) is 19.2. The van der Waals surface area contributed by atoms with E-state index in [4.69, 9.17) is 9.47 Å². The maximum atomic E-state index is 12.6. The summed E-state index contributed by atoms with van der Waals surface area (Å²) < 4.78 is 10.6. The van der Waals surface area contributed by atoms with Gasteiger partial charge in [0.15, 0.2) is 0 Å². The molecule has 0 spiro atoms. The van der Waals surface area contributed by atoms with Gasteiger partial charge in [0.2, 0.25) is 0 Å².